The summed E-state index contributed by atoms with van der Waals surface area (Å²) in [5.41, 5.74) is 4.29. The normalized spacial score (nSPS) is 13.3. The Kier molecular flexibility index (Phi) is 9.99. The molecule has 0 radical (unpaired) electrons. The van der Waals surface area contributed by atoms with E-state index in [-0.39, 0.29) is 12.5 Å². The van der Waals surface area contributed by atoms with E-state index in [9.17, 15) is 4.79 Å². The number of aliphatic imine (C=N–C) groups is 1. The van der Waals surface area contributed by atoms with Gasteiger partial charge in [-0.15, -0.1) is 11.3 Å². The number of fused-ring (bicyclic) bond motifs is 1. The number of aryl methyl sites for hydroxylation is 1. The Hall–Kier alpha value is -3.32. The first-order chi connectivity index (χ1) is 20.0. The predicted molar refractivity (Wildman–Crippen MR) is 170 cm³/mol. The van der Waals surface area contributed by atoms with E-state index in [1.807, 2.05) is 61.5 Å². The van der Waals surface area contributed by atoms with Gasteiger partial charge in [-0.05, 0) is 86.2 Å². The van der Waals surface area contributed by atoms with Gasteiger partial charge < -0.3 is 14.8 Å². The van der Waals surface area contributed by atoms with Crippen molar-refractivity contribution in [3.05, 3.63) is 104 Å². The van der Waals surface area contributed by atoms with Gasteiger partial charge in [-0.2, -0.15) is 0 Å². The Balaban J connectivity index is 1.41. The topological polar surface area (TPSA) is 59.9 Å². The van der Waals surface area contributed by atoms with E-state index >= 15 is 0 Å². The molecule has 5 nitrogen and oxygen atoms in total. The number of amides is 1. The second-order valence-electron chi connectivity index (χ2n) is 9.84. The number of nitrogens with one attached hydrogen (secondary N) is 1. The number of nitrogens with zero attached hydrogens (tertiary/aromatic N) is 1. The summed E-state index contributed by atoms with van der Waals surface area (Å²) >= 11 is 14.0. The van der Waals surface area contributed by atoms with E-state index in [1.165, 1.54) is 17.7 Å². The Morgan fingerprint density at radius 2 is 1.76 bits per heavy atom. The molecule has 0 aliphatic heterocycles. The highest BCUT2D eigenvalue weighted by Crippen LogP contribution is 2.39. The number of benzene rings is 3. The number of thiophene rings is 1. The van der Waals surface area contributed by atoms with Crippen molar-refractivity contribution in [1.29, 1.82) is 0 Å². The van der Waals surface area contributed by atoms with Crippen LogP contribution >= 0.6 is 34.5 Å². The van der Waals surface area contributed by atoms with Gasteiger partial charge >= 0.3 is 0 Å². The van der Waals surface area contributed by atoms with Gasteiger partial charge in [0.25, 0.3) is 5.91 Å². The zero-order chi connectivity index (χ0) is 28.6. The van der Waals surface area contributed by atoms with Crippen LogP contribution in [0.2, 0.25) is 10.0 Å². The zero-order valence-corrected chi connectivity index (χ0v) is 25.2. The molecule has 0 fully saturated rings. The lowest BCUT2D eigenvalue weighted by molar-refractivity contribution is 0.102. The maximum Gasteiger partial charge on any atom is 0.259 e. The molecule has 1 aliphatic rings. The molecule has 0 saturated carbocycles. The molecule has 1 aromatic heterocycles. The minimum absolute atomic E-state index is 0.110. The van der Waals surface area contributed by atoms with Gasteiger partial charge in [-0.25, -0.2) is 4.99 Å². The highest BCUT2D eigenvalue weighted by atomic mass is 35.5. The molecule has 0 spiro atoms. The van der Waals surface area contributed by atoms with Crippen LogP contribution in [0, 0.1) is 0 Å². The first-order valence-electron chi connectivity index (χ1n) is 13.9. The summed E-state index contributed by atoms with van der Waals surface area (Å²) in [6.45, 7) is 2.70. The number of anilines is 1. The number of carbonyl (C=O) groups is 1. The van der Waals surface area contributed by atoms with Gasteiger partial charge in [0.15, 0.2) is 11.5 Å². The van der Waals surface area contributed by atoms with Crippen LogP contribution in [0.15, 0.2) is 71.7 Å². The number of hydrogen-bond acceptors (Lipinski definition) is 5. The van der Waals surface area contributed by atoms with E-state index in [4.69, 9.17) is 37.7 Å². The highest BCUT2D eigenvalue weighted by molar-refractivity contribution is 7.16. The Bertz CT molecular complexity index is 1540. The number of hydrogen-bond donors (Lipinski definition) is 1. The Morgan fingerprint density at radius 3 is 2.54 bits per heavy atom. The smallest absolute Gasteiger partial charge is 0.259 e. The van der Waals surface area contributed by atoms with Gasteiger partial charge in [0.2, 0.25) is 0 Å². The summed E-state index contributed by atoms with van der Waals surface area (Å²) in [6.07, 6.45) is 8.31. The number of ether oxygens (including phenoxy) is 2. The van der Waals surface area contributed by atoms with Gasteiger partial charge in [0.05, 0.1) is 12.2 Å². The molecule has 5 rings (SSSR count). The highest BCUT2D eigenvalue weighted by Gasteiger charge is 2.24. The second-order valence-corrected chi connectivity index (χ2v) is 11.8. The average molecular weight is 608 g/mol. The van der Waals surface area contributed by atoms with Gasteiger partial charge in [0, 0.05) is 32.4 Å². The van der Waals surface area contributed by atoms with Crippen LogP contribution in [0.4, 0.5) is 10.7 Å². The Morgan fingerprint density at radius 1 is 0.951 bits per heavy atom. The standard InChI is InChI=1S/C33H32Cl2N2O3S/c1-2-39-29-18-22(14-17-28(29)40-21-23-15-16-24(34)19-27(23)35)20-36-33-31(32(38)37-25-10-6-5-7-11-25)26-12-8-3-4-9-13-30(26)41-33/h5-7,10-11,14-20H,2-4,8-9,12-13,21H2,1H3,(H,37,38). The van der Waals surface area contributed by atoms with Crippen LogP contribution in [-0.2, 0) is 19.4 Å². The van der Waals surface area contributed by atoms with Crippen LogP contribution < -0.4 is 14.8 Å². The van der Waals surface area contributed by atoms with E-state index in [2.05, 4.69) is 5.32 Å². The number of carbonyl (C=O) groups excluding carboxylic acids is 1. The predicted octanol–water partition coefficient (Wildman–Crippen LogP) is 9.69. The SMILES string of the molecule is CCOc1cc(C=Nc2sc3c(c2C(=O)Nc2ccccc2)CCCCCC3)ccc1OCc1ccc(Cl)cc1Cl. The fraction of sp³-hybridized carbons (Fsp3) is 0.273. The van der Waals surface area contributed by atoms with Crippen LogP contribution in [0.25, 0.3) is 0 Å². The molecule has 0 saturated heterocycles. The molecule has 8 heteroatoms. The summed E-state index contributed by atoms with van der Waals surface area (Å²) in [5.74, 6) is 1.11. The molecule has 1 heterocycles. The quantitative estimate of drug-likeness (QED) is 0.193. The third-order valence-corrected chi connectivity index (χ3v) is 8.69. The second kappa shape index (κ2) is 14.0. The first-order valence-corrected chi connectivity index (χ1v) is 15.5. The maximum atomic E-state index is 13.6. The molecule has 1 amide bonds. The maximum absolute atomic E-state index is 13.6. The van der Waals surface area contributed by atoms with Crippen LogP contribution in [-0.4, -0.2) is 18.7 Å². The lowest BCUT2D eigenvalue weighted by Gasteiger charge is -2.13. The molecule has 4 aromatic rings. The van der Waals surface area contributed by atoms with Crippen LogP contribution in [0.3, 0.4) is 0 Å². The van der Waals surface area contributed by atoms with Crippen LogP contribution in [0.1, 0.15) is 64.5 Å². The van der Waals surface area contributed by atoms with Crippen molar-refractivity contribution in [1.82, 2.24) is 0 Å². The molecule has 0 unspecified atom stereocenters. The molecular weight excluding hydrogens is 575 g/mol. The van der Waals surface area contributed by atoms with Crippen LogP contribution in [0.5, 0.6) is 11.5 Å². The van der Waals surface area contributed by atoms with Crippen molar-refractivity contribution in [3.8, 4) is 11.5 Å². The molecular formula is C33H32Cl2N2O3S. The van der Waals surface area contributed by atoms with E-state index < -0.39 is 0 Å². The van der Waals surface area contributed by atoms with E-state index in [1.54, 1.807) is 29.7 Å². The number of para-hydroxylation sites is 1. The molecule has 212 valence electrons. The average Bonchev–Trinajstić information content (AvgIpc) is 3.29. The van der Waals surface area contributed by atoms with Crippen molar-refractivity contribution < 1.29 is 14.3 Å². The first kappa shape index (κ1) is 29.2. The zero-order valence-electron chi connectivity index (χ0n) is 22.9. The summed E-state index contributed by atoms with van der Waals surface area (Å²) in [5, 5.41) is 4.95. The molecule has 1 aliphatic carbocycles. The summed E-state index contributed by atoms with van der Waals surface area (Å²) < 4.78 is 11.9. The monoisotopic (exact) mass is 606 g/mol. The molecule has 0 bridgehead atoms. The molecule has 1 N–H and O–H groups in total. The van der Waals surface area contributed by atoms with Crippen molar-refractivity contribution >= 4 is 57.3 Å². The molecule has 41 heavy (non-hydrogen) atoms. The van der Waals surface area contributed by atoms with Crippen molar-refractivity contribution in [2.75, 3.05) is 11.9 Å². The largest absolute Gasteiger partial charge is 0.490 e. The van der Waals surface area contributed by atoms with E-state index in [0.29, 0.717) is 33.7 Å². The fourth-order valence-electron chi connectivity index (χ4n) is 4.87. The van der Waals surface area contributed by atoms with Gasteiger partial charge in [-0.3, -0.25) is 4.79 Å². The lowest BCUT2D eigenvalue weighted by atomic mass is 9.96. The lowest BCUT2D eigenvalue weighted by Crippen LogP contribution is -2.14. The van der Waals surface area contributed by atoms with Crippen molar-refractivity contribution in [3.63, 3.8) is 0 Å². The third-order valence-electron chi connectivity index (χ3n) is 6.91. The number of halogens is 2. The van der Waals surface area contributed by atoms with Crippen molar-refractivity contribution in [2.24, 2.45) is 4.99 Å². The minimum atomic E-state index is -0.110. The Labute approximate surface area is 255 Å². The third kappa shape index (κ3) is 7.50. The van der Waals surface area contributed by atoms with Gasteiger partial charge in [-0.1, -0.05) is 60.3 Å². The number of rotatable bonds is 9. The summed E-state index contributed by atoms with van der Waals surface area (Å²) in [6, 6.07) is 20.6. The summed E-state index contributed by atoms with van der Waals surface area (Å²) in [7, 11) is 0. The van der Waals surface area contributed by atoms with Crippen molar-refractivity contribution in [2.45, 2.75) is 52.1 Å². The van der Waals surface area contributed by atoms with E-state index in [0.717, 1.165) is 53.1 Å². The van der Waals surface area contributed by atoms with Gasteiger partial charge in [0.1, 0.15) is 11.6 Å². The summed E-state index contributed by atoms with van der Waals surface area (Å²) in [4.78, 5) is 19.7. The minimum Gasteiger partial charge on any atom is -0.490 e. The molecule has 0 atom stereocenters. The molecule has 3 aromatic carbocycles. The fourth-order valence-corrected chi connectivity index (χ4v) is 6.56.